The number of hydrogen-bond acceptors (Lipinski definition) is 8. The minimum Gasteiger partial charge on any atom is -0.545 e. The van der Waals surface area contributed by atoms with Gasteiger partial charge in [0.1, 0.15) is 30.2 Å². The molecule has 2 rings (SSSR count). The maximum absolute atomic E-state index is 11.0. The molecular weight excluding hydrogens is 284 g/mol. The second-order valence-corrected chi connectivity index (χ2v) is 4.60. The molecule has 0 saturated carbocycles. The summed E-state index contributed by atoms with van der Waals surface area (Å²) >= 11 is 0. The molecule has 0 radical (unpaired) electrons. The second-order valence-electron chi connectivity index (χ2n) is 4.60. The first-order valence-corrected chi connectivity index (χ1v) is 6.23. The van der Waals surface area contributed by atoms with Gasteiger partial charge in [-0.2, -0.15) is 0 Å². The number of aliphatic hydroxyl groups excluding tert-OH is 4. The van der Waals surface area contributed by atoms with Gasteiger partial charge in [-0.05, 0) is 12.1 Å². The van der Waals surface area contributed by atoms with E-state index >= 15 is 0 Å². The molecular formula is C13H15O8-. The number of aliphatic hydroxyl groups is 4. The highest BCUT2D eigenvalue weighted by atomic mass is 16.7. The fourth-order valence-corrected chi connectivity index (χ4v) is 2.03. The monoisotopic (exact) mass is 299 g/mol. The van der Waals surface area contributed by atoms with Crippen LogP contribution >= 0.6 is 0 Å². The number of para-hydroxylation sites is 1. The molecule has 4 N–H and O–H groups in total. The maximum Gasteiger partial charge on any atom is 0.229 e. The molecule has 1 saturated heterocycles. The van der Waals surface area contributed by atoms with Crippen LogP contribution in [0.15, 0.2) is 24.3 Å². The SMILES string of the molecule is O=C([O-])c1ccccc1O[C@@H]1O[C@H](CO)[C@H](O)[C@H](O)[C@@H]1O. The Kier molecular flexibility index (Phi) is 4.76. The van der Waals surface area contributed by atoms with Gasteiger partial charge in [0.05, 0.1) is 12.6 Å². The van der Waals surface area contributed by atoms with Crippen LogP contribution in [0.4, 0.5) is 0 Å². The maximum atomic E-state index is 11.0. The topological polar surface area (TPSA) is 140 Å². The molecule has 0 unspecified atom stereocenters. The van der Waals surface area contributed by atoms with E-state index in [0.717, 1.165) is 0 Å². The van der Waals surface area contributed by atoms with Crippen molar-refractivity contribution in [1.82, 2.24) is 0 Å². The molecule has 0 aliphatic carbocycles. The fourth-order valence-electron chi connectivity index (χ4n) is 2.03. The molecule has 1 aromatic carbocycles. The van der Waals surface area contributed by atoms with Gasteiger partial charge in [-0.25, -0.2) is 0 Å². The van der Waals surface area contributed by atoms with Gasteiger partial charge in [-0.1, -0.05) is 12.1 Å². The predicted molar refractivity (Wildman–Crippen MR) is 65.2 cm³/mol. The first kappa shape index (κ1) is 15.7. The number of carbonyl (C=O) groups is 1. The highest BCUT2D eigenvalue weighted by Crippen LogP contribution is 2.26. The summed E-state index contributed by atoms with van der Waals surface area (Å²) in [5.74, 6) is -1.60. The van der Waals surface area contributed by atoms with E-state index < -0.39 is 43.3 Å². The molecule has 1 aliphatic heterocycles. The Morgan fingerprint density at radius 3 is 2.48 bits per heavy atom. The Bertz CT molecular complexity index is 503. The van der Waals surface area contributed by atoms with Gasteiger partial charge in [0.25, 0.3) is 0 Å². The van der Waals surface area contributed by atoms with Gasteiger partial charge in [-0.3, -0.25) is 0 Å². The number of carbonyl (C=O) groups excluding carboxylic acids is 1. The van der Waals surface area contributed by atoms with Crippen LogP contribution in [-0.2, 0) is 4.74 Å². The summed E-state index contributed by atoms with van der Waals surface area (Å²) in [6.45, 7) is -0.604. The zero-order chi connectivity index (χ0) is 15.6. The van der Waals surface area contributed by atoms with E-state index in [1.54, 1.807) is 0 Å². The highest BCUT2D eigenvalue weighted by Gasteiger charge is 2.44. The van der Waals surface area contributed by atoms with Gasteiger partial charge in [-0.15, -0.1) is 0 Å². The van der Waals surface area contributed by atoms with E-state index in [1.165, 1.54) is 24.3 Å². The molecule has 21 heavy (non-hydrogen) atoms. The van der Waals surface area contributed by atoms with Crippen LogP contribution < -0.4 is 9.84 Å². The van der Waals surface area contributed by atoms with Crippen molar-refractivity contribution in [2.24, 2.45) is 0 Å². The van der Waals surface area contributed by atoms with Crippen LogP contribution in [0, 0.1) is 0 Å². The number of rotatable bonds is 4. The molecule has 8 nitrogen and oxygen atoms in total. The number of ether oxygens (including phenoxy) is 2. The molecule has 1 fully saturated rings. The molecule has 0 amide bonds. The Morgan fingerprint density at radius 2 is 1.86 bits per heavy atom. The highest BCUT2D eigenvalue weighted by molar-refractivity contribution is 5.89. The first-order valence-electron chi connectivity index (χ1n) is 6.23. The normalized spacial score (nSPS) is 32.7. The smallest absolute Gasteiger partial charge is 0.229 e. The third kappa shape index (κ3) is 3.14. The fraction of sp³-hybridized carbons (Fsp3) is 0.462. The average molecular weight is 299 g/mol. The standard InChI is InChI=1S/C13H16O8/c14-5-8-9(15)10(16)11(17)13(21-8)20-7-4-2-1-3-6(7)12(18)19/h1-4,8-11,13-17H,5H2,(H,18,19)/p-1/t8-,9+,10+,11+,13-/m1/s1. The van der Waals surface area contributed by atoms with Gasteiger partial charge in [0, 0.05) is 5.56 Å². The van der Waals surface area contributed by atoms with Crippen molar-refractivity contribution in [2.75, 3.05) is 6.61 Å². The molecule has 0 spiro atoms. The Morgan fingerprint density at radius 1 is 1.19 bits per heavy atom. The minimum atomic E-state index is -1.61. The molecule has 8 heteroatoms. The van der Waals surface area contributed by atoms with Gasteiger partial charge in [0.2, 0.25) is 6.29 Å². The number of carboxylic acid groups (broad SMARTS) is 1. The lowest BCUT2D eigenvalue weighted by molar-refractivity contribution is -0.278. The Hall–Kier alpha value is -1.71. The van der Waals surface area contributed by atoms with Crippen LogP contribution in [-0.4, -0.2) is 63.7 Å². The van der Waals surface area contributed by atoms with Gasteiger partial charge < -0.3 is 39.8 Å². The van der Waals surface area contributed by atoms with Crippen molar-refractivity contribution in [1.29, 1.82) is 0 Å². The second kappa shape index (κ2) is 6.37. The van der Waals surface area contributed by atoms with E-state index in [0.29, 0.717) is 0 Å². The average Bonchev–Trinajstić information content (AvgIpc) is 2.48. The summed E-state index contributed by atoms with van der Waals surface area (Å²) in [5.41, 5.74) is -0.255. The zero-order valence-corrected chi connectivity index (χ0v) is 10.8. The number of hydrogen-bond donors (Lipinski definition) is 4. The first-order chi connectivity index (χ1) is 9.95. The third-order valence-corrected chi connectivity index (χ3v) is 3.20. The quantitative estimate of drug-likeness (QED) is 0.468. The predicted octanol–water partition coefficient (Wildman–Crippen LogP) is -2.77. The van der Waals surface area contributed by atoms with E-state index in [4.69, 9.17) is 14.6 Å². The van der Waals surface area contributed by atoms with Crippen molar-refractivity contribution >= 4 is 5.97 Å². The number of aromatic carboxylic acids is 1. The van der Waals surface area contributed by atoms with Crippen LogP contribution in [0.3, 0.4) is 0 Å². The Labute approximate surface area is 119 Å². The number of carboxylic acids is 1. The summed E-state index contributed by atoms with van der Waals surface area (Å²) < 4.78 is 10.4. The molecule has 0 bridgehead atoms. The minimum absolute atomic E-state index is 0.123. The summed E-state index contributed by atoms with van der Waals surface area (Å²) in [6, 6.07) is 5.54. The molecule has 1 aromatic rings. The summed E-state index contributed by atoms with van der Waals surface area (Å²) in [4.78, 5) is 11.0. The van der Waals surface area contributed by atoms with Crippen molar-refractivity contribution in [2.45, 2.75) is 30.7 Å². The van der Waals surface area contributed by atoms with Crippen LogP contribution in [0.5, 0.6) is 5.75 Å². The number of benzene rings is 1. The van der Waals surface area contributed by atoms with Crippen molar-refractivity contribution in [3.63, 3.8) is 0 Å². The summed E-state index contributed by atoms with van der Waals surface area (Å²) in [7, 11) is 0. The van der Waals surface area contributed by atoms with Crippen molar-refractivity contribution < 1.29 is 39.8 Å². The van der Waals surface area contributed by atoms with Gasteiger partial charge in [0.15, 0.2) is 0 Å². The van der Waals surface area contributed by atoms with E-state index in [-0.39, 0.29) is 11.3 Å². The van der Waals surface area contributed by atoms with E-state index in [2.05, 4.69) is 0 Å². The molecule has 116 valence electrons. The van der Waals surface area contributed by atoms with Crippen molar-refractivity contribution in [3.05, 3.63) is 29.8 Å². The lowest BCUT2D eigenvalue weighted by Gasteiger charge is -2.39. The zero-order valence-electron chi connectivity index (χ0n) is 10.8. The molecule has 5 atom stereocenters. The third-order valence-electron chi connectivity index (χ3n) is 3.20. The molecule has 1 heterocycles. The van der Waals surface area contributed by atoms with Crippen LogP contribution in [0.2, 0.25) is 0 Å². The van der Waals surface area contributed by atoms with E-state index in [1.807, 2.05) is 0 Å². The van der Waals surface area contributed by atoms with E-state index in [9.17, 15) is 25.2 Å². The molecule has 1 aliphatic rings. The van der Waals surface area contributed by atoms with Crippen LogP contribution in [0.1, 0.15) is 10.4 Å². The summed E-state index contributed by atoms with van der Waals surface area (Å²) in [5, 5.41) is 49.1. The van der Waals surface area contributed by atoms with Gasteiger partial charge >= 0.3 is 0 Å². The largest absolute Gasteiger partial charge is 0.545 e. The lowest BCUT2D eigenvalue weighted by atomic mass is 9.99. The van der Waals surface area contributed by atoms with Crippen LogP contribution in [0.25, 0.3) is 0 Å². The summed E-state index contributed by atoms with van der Waals surface area (Å²) in [6.07, 6.45) is -7.31. The lowest BCUT2D eigenvalue weighted by Crippen LogP contribution is -2.60. The molecule has 0 aromatic heterocycles. The Balaban J connectivity index is 2.20. The van der Waals surface area contributed by atoms with Crippen molar-refractivity contribution in [3.8, 4) is 5.75 Å².